The Morgan fingerprint density at radius 3 is 2.18 bits per heavy atom. The van der Waals surface area contributed by atoms with Gasteiger partial charge in [0.05, 0.1) is 6.04 Å². The fourth-order valence-electron chi connectivity index (χ4n) is 2.11. The van der Waals surface area contributed by atoms with Crippen LogP contribution in [0.4, 0.5) is 0 Å². The van der Waals surface area contributed by atoms with Crippen LogP contribution in [0.15, 0.2) is 0 Å². The van der Waals surface area contributed by atoms with E-state index >= 15 is 0 Å². The number of likely N-dealkylation sites (N-methyl/N-ethyl adjacent to an activating group) is 1. The number of nitrogens with one attached hydrogen (secondary N) is 1. The molecule has 0 spiro atoms. The third kappa shape index (κ3) is 4.64. The summed E-state index contributed by atoms with van der Waals surface area (Å²) in [5.74, 6) is 0.141. The van der Waals surface area contributed by atoms with Crippen LogP contribution in [0.1, 0.15) is 34.6 Å². The maximum atomic E-state index is 12.0. The van der Waals surface area contributed by atoms with E-state index in [1.165, 1.54) is 0 Å². The molecule has 1 N–H and O–H groups in total. The largest absolute Gasteiger partial charge is 0.350 e. The summed E-state index contributed by atoms with van der Waals surface area (Å²) in [7, 11) is 0. The van der Waals surface area contributed by atoms with E-state index in [4.69, 9.17) is 0 Å². The maximum Gasteiger partial charge on any atom is 0.237 e. The Labute approximate surface area is 105 Å². The molecule has 17 heavy (non-hydrogen) atoms. The topological polar surface area (TPSA) is 35.6 Å². The molecule has 0 radical (unpaired) electrons. The van der Waals surface area contributed by atoms with Crippen molar-refractivity contribution >= 4 is 5.91 Å². The van der Waals surface area contributed by atoms with E-state index in [-0.39, 0.29) is 17.5 Å². The molecule has 1 unspecified atom stereocenters. The van der Waals surface area contributed by atoms with E-state index in [9.17, 15) is 4.79 Å². The van der Waals surface area contributed by atoms with Gasteiger partial charge in [-0.05, 0) is 34.2 Å². The average molecular weight is 241 g/mol. The minimum Gasteiger partial charge on any atom is -0.350 e. The van der Waals surface area contributed by atoms with Crippen LogP contribution in [0.3, 0.4) is 0 Å². The fraction of sp³-hybridized carbons (Fsp3) is 0.923. The Morgan fingerprint density at radius 1 is 1.24 bits per heavy atom. The van der Waals surface area contributed by atoms with Gasteiger partial charge in [-0.3, -0.25) is 9.69 Å². The van der Waals surface area contributed by atoms with Gasteiger partial charge >= 0.3 is 0 Å². The Morgan fingerprint density at radius 2 is 1.76 bits per heavy atom. The van der Waals surface area contributed by atoms with Gasteiger partial charge in [0.15, 0.2) is 0 Å². The van der Waals surface area contributed by atoms with Crippen molar-refractivity contribution in [3.8, 4) is 0 Å². The zero-order chi connectivity index (χ0) is 13.1. The van der Waals surface area contributed by atoms with E-state index in [0.717, 1.165) is 32.7 Å². The van der Waals surface area contributed by atoms with Crippen molar-refractivity contribution in [2.75, 3.05) is 32.7 Å². The van der Waals surface area contributed by atoms with Crippen LogP contribution in [0.25, 0.3) is 0 Å². The zero-order valence-electron chi connectivity index (χ0n) is 11.9. The second-order valence-electron chi connectivity index (χ2n) is 5.89. The molecule has 0 aromatic heterocycles. The number of carbonyl (C=O) groups excluding carboxylic acids is 1. The molecule has 1 atom stereocenters. The summed E-state index contributed by atoms with van der Waals surface area (Å²) in [6, 6.07) is -0.0202. The number of carbonyl (C=O) groups is 1. The van der Waals surface area contributed by atoms with E-state index < -0.39 is 0 Å². The predicted octanol–water partition coefficient (Wildman–Crippen LogP) is 0.927. The SMILES string of the molecule is CCN1CCN(C(C)C(=O)NC(C)(C)C)CC1. The van der Waals surface area contributed by atoms with Gasteiger partial charge in [-0.2, -0.15) is 0 Å². The van der Waals surface area contributed by atoms with Crippen LogP contribution in [-0.2, 0) is 4.79 Å². The number of hydrogen-bond donors (Lipinski definition) is 1. The molecule has 1 heterocycles. The lowest BCUT2D eigenvalue weighted by Gasteiger charge is -2.37. The van der Waals surface area contributed by atoms with Gasteiger partial charge in [0.1, 0.15) is 0 Å². The van der Waals surface area contributed by atoms with Gasteiger partial charge in [-0.25, -0.2) is 0 Å². The summed E-state index contributed by atoms with van der Waals surface area (Å²) < 4.78 is 0. The van der Waals surface area contributed by atoms with Crippen molar-refractivity contribution < 1.29 is 4.79 Å². The monoisotopic (exact) mass is 241 g/mol. The molecular weight excluding hydrogens is 214 g/mol. The van der Waals surface area contributed by atoms with Gasteiger partial charge < -0.3 is 10.2 Å². The highest BCUT2D eigenvalue weighted by molar-refractivity contribution is 5.81. The van der Waals surface area contributed by atoms with E-state index in [2.05, 4.69) is 22.0 Å². The molecule has 0 bridgehead atoms. The normalized spacial score (nSPS) is 21.2. The third-order valence-electron chi connectivity index (χ3n) is 3.28. The second kappa shape index (κ2) is 5.83. The summed E-state index contributed by atoms with van der Waals surface area (Å²) in [5, 5.41) is 3.05. The first kappa shape index (κ1) is 14.5. The van der Waals surface area contributed by atoms with E-state index in [0.29, 0.717) is 0 Å². The molecule has 0 aromatic rings. The minimum atomic E-state index is -0.142. The van der Waals surface area contributed by atoms with Crippen molar-refractivity contribution in [1.82, 2.24) is 15.1 Å². The summed E-state index contributed by atoms with van der Waals surface area (Å²) in [4.78, 5) is 16.7. The van der Waals surface area contributed by atoms with Crippen molar-refractivity contribution in [3.05, 3.63) is 0 Å². The molecule has 1 aliphatic rings. The van der Waals surface area contributed by atoms with Gasteiger partial charge in [0, 0.05) is 31.7 Å². The smallest absolute Gasteiger partial charge is 0.237 e. The molecule has 1 amide bonds. The van der Waals surface area contributed by atoms with Crippen molar-refractivity contribution in [2.24, 2.45) is 0 Å². The fourth-order valence-corrected chi connectivity index (χ4v) is 2.11. The molecule has 0 aromatic carbocycles. The zero-order valence-corrected chi connectivity index (χ0v) is 11.9. The van der Waals surface area contributed by atoms with Gasteiger partial charge in [0.2, 0.25) is 5.91 Å². The molecule has 0 aliphatic carbocycles. The highest BCUT2D eigenvalue weighted by atomic mass is 16.2. The van der Waals surface area contributed by atoms with Crippen LogP contribution < -0.4 is 5.32 Å². The number of hydrogen-bond acceptors (Lipinski definition) is 3. The predicted molar refractivity (Wildman–Crippen MR) is 71.0 cm³/mol. The van der Waals surface area contributed by atoms with Crippen LogP contribution in [0.5, 0.6) is 0 Å². The molecule has 0 saturated carbocycles. The van der Waals surface area contributed by atoms with Gasteiger partial charge in [-0.1, -0.05) is 6.92 Å². The molecule has 1 fully saturated rings. The quantitative estimate of drug-likeness (QED) is 0.798. The molecule has 1 saturated heterocycles. The molecule has 4 heteroatoms. The number of amides is 1. The number of piperazine rings is 1. The van der Waals surface area contributed by atoms with Crippen molar-refractivity contribution in [2.45, 2.75) is 46.2 Å². The first-order valence-corrected chi connectivity index (χ1v) is 6.62. The summed E-state index contributed by atoms with van der Waals surface area (Å²) >= 11 is 0. The molecule has 4 nitrogen and oxygen atoms in total. The van der Waals surface area contributed by atoms with Crippen LogP contribution >= 0.6 is 0 Å². The lowest BCUT2D eigenvalue weighted by molar-refractivity contribution is -0.128. The average Bonchev–Trinajstić information content (AvgIpc) is 2.26. The minimum absolute atomic E-state index is 0.0202. The standard InChI is InChI=1S/C13H27N3O/c1-6-15-7-9-16(10-8-15)11(2)12(17)14-13(3,4)5/h11H,6-10H2,1-5H3,(H,14,17). The summed E-state index contributed by atoms with van der Waals surface area (Å²) in [5.41, 5.74) is -0.142. The number of rotatable bonds is 3. The Kier molecular flexibility index (Phi) is 4.95. The van der Waals surface area contributed by atoms with Crippen LogP contribution in [0.2, 0.25) is 0 Å². The third-order valence-corrected chi connectivity index (χ3v) is 3.28. The van der Waals surface area contributed by atoms with Crippen LogP contribution in [0, 0.1) is 0 Å². The first-order chi connectivity index (χ1) is 7.83. The molecule has 100 valence electrons. The molecular formula is C13H27N3O. The number of nitrogens with zero attached hydrogens (tertiary/aromatic N) is 2. The molecule has 1 aliphatic heterocycles. The lowest BCUT2D eigenvalue weighted by Crippen LogP contribution is -2.56. The maximum absolute atomic E-state index is 12.0. The summed E-state index contributed by atoms with van der Waals surface area (Å²) in [6.07, 6.45) is 0. The highest BCUT2D eigenvalue weighted by Gasteiger charge is 2.26. The van der Waals surface area contributed by atoms with E-state index in [1.807, 2.05) is 27.7 Å². The first-order valence-electron chi connectivity index (χ1n) is 6.62. The van der Waals surface area contributed by atoms with Gasteiger partial charge in [-0.15, -0.1) is 0 Å². The van der Waals surface area contributed by atoms with Crippen LogP contribution in [-0.4, -0.2) is 60.0 Å². The van der Waals surface area contributed by atoms with E-state index in [1.54, 1.807) is 0 Å². The Bertz CT molecular complexity index is 252. The van der Waals surface area contributed by atoms with Crippen molar-refractivity contribution in [3.63, 3.8) is 0 Å². The highest BCUT2D eigenvalue weighted by Crippen LogP contribution is 2.08. The lowest BCUT2D eigenvalue weighted by atomic mass is 10.1. The molecule has 1 rings (SSSR count). The summed E-state index contributed by atoms with van der Waals surface area (Å²) in [6.45, 7) is 15.5. The van der Waals surface area contributed by atoms with Gasteiger partial charge in [0.25, 0.3) is 0 Å². The second-order valence-corrected chi connectivity index (χ2v) is 5.89. The Hall–Kier alpha value is -0.610. The van der Waals surface area contributed by atoms with Crippen molar-refractivity contribution in [1.29, 1.82) is 0 Å². The Balaban J connectivity index is 2.43.